The van der Waals surface area contributed by atoms with Crippen molar-refractivity contribution < 1.29 is 13.5 Å². The Hall–Kier alpha value is -1.16. The molecule has 0 aromatic heterocycles. The highest BCUT2D eigenvalue weighted by atomic mass is 19.1. The van der Waals surface area contributed by atoms with Gasteiger partial charge in [-0.1, -0.05) is 6.92 Å². The van der Waals surface area contributed by atoms with Crippen LogP contribution in [0.5, 0.6) is 0 Å². The first kappa shape index (κ1) is 11.9. The average molecular weight is 253 g/mol. The molecule has 2 nitrogen and oxygen atoms in total. The summed E-state index contributed by atoms with van der Waals surface area (Å²) < 4.78 is 33.8. The highest BCUT2D eigenvalue weighted by Crippen LogP contribution is 2.39. The molecule has 3 rings (SSSR count). The topological polar surface area (TPSA) is 12.5 Å². The van der Waals surface area contributed by atoms with Crippen molar-refractivity contribution in [2.75, 3.05) is 31.2 Å². The van der Waals surface area contributed by atoms with Gasteiger partial charge in [-0.05, 0) is 36.0 Å². The number of benzene rings is 1. The Morgan fingerprint density at radius 1 is 1.28 bits per heavy atom. The smallest absolute Gasteiger partial charge is 0.152 e. The molecule has 1 aliphatic heterocycles. The third-order valence-corrected chi connectivity index (χ3v) is 4.02. The summed E-state index contributed by atoms with van der Waals surface area (Å²) in [5, 5.41) is 0. The minimum Gasteiger partial charge on any atom is -0.378 e. The van der Waals surface area contributed by atoms with E-state index >= 15 is 0 Å². The second-order valence-electron chi connectivity index (χ2n) is 5.13. The fourth-order valence-corrected chi connectivity index (χ4v) is 2.95. The molecular weight excluding hydrogens is 236 g/mol. The molecule has 1 fully saturated rings. The average Bonchev–Trinajstić information content (AvgIpc) is 2.73. The van der Waals surface area contributed by atoms with Crippen LogP contribution in [0, 0.1) is 11.6 Å². The van der Waals surface area contributed by atoms with E-state index in [0.717, 1.165) is 18.4 Å². The SMILES string of the molecule is C[C@H]1CCc2c1cc(F)c(N1CCOCC1)c2F. The van der Waals surface area contributed by atoms with Gasteiger partial charge in [-0.15, -0.1) is 0 Å². The van der Waals surface area contributed by atoms with Crippen molar-refractivity contribution in [3.8, 4) is 0 Å². The van der Waals surface area contributed by atoms with E-state index < -0.39 is 5.82 Å². The third kappa shape index (κ3) is 1.79. The van der Waals surface area contributed by atoms with Crippen LogP contribution in [0.3, 0.4) is 0 Å². The lowest BCUT2D eigenvalue weighted by molar-refractivity contribution is 0.122. The summed E-state index contributed by atoms with van der Waals surface area (Å²) in [5.74, 6) is -0.513. The first-order valence-electron chi connectivity index (χ1n) is 6.52. The van der Waals surface area contributed by atoms with Crippen molar-refractivity contribution in [3.05, 3.63) is 28.8 Å². The minimum atomic E-state index is -0.429. The van der Waals surface area contributed by atoms with Crippen LogP contribution in [0.25, 0.3) is 0 Å². The number of hydrogen-bond acceptors (Lipinski definition) is 2. The summed E-state index contributed by atoms with van der Waals surface area (Å²) in [6.45, 7) is 4.21. The maximum Gasteiger partial charge on any atom is 0.152 e. The molecule has 0 spiro atoms. The maximum absolute atomic E-state index is 14.5. The maximum atomic E-state index is 14.5. The van der Waals surface area contributed by atoms with Crippen molar-refractivity contribution in [1.29, 1.82) is 0 Å². The van der Waals surface area contributed by atoms with Crippen LogP contribution in [0.1, 0.15) is 30.4 Å². The van der Waals surface area contributed by atoms with E-state index in [0.29, 0.717) is 31.9 Å². The zero-order valence-electron chi connectivity index (χ0n) is 10.5. The summed E-state index contributed by atoms with van der Waals surface area (Å²) >= 11 is 0. The molecule has 4 heteroatoms. The highest BCUT2D eigenvalue weighted by molar-refractivity contribution is 5.56. The lowest BCUT2D eigenvalue weighted by Crippen LogP contribution is -2.37. The molecule has 98 valence electrons. The zero-order valence-corrected chi connectivity index (χ0v) is 10.5. The van der Waals surface area contributed by atoms with Gasteiger partial charge in [0, 0.05) is 13.1 Å². The summed E-state index contributed by atoms with van der Waals surface area (Å²) in [5.41, 5.74) is 1.71. The summed E-state index contributed by atoms with van der Waals surface area (Å²) in [6, 6.07) is 1.53. The number of hydrogen-bond donors (Lipinski definition) is 0. The van der Waals surface area contributed by atoms with Gasteiger partial charge < -0.3 is 9.64 Å². The quantitative estimate of drug-likeness (QED) is 0.763. The predicted molar refractivity (Wildman–Crippen MR) is 66.1 cm³/mol. The number of rotatable bonds is 1. The van der Waals surface area contributed by atoms with Crippen molar-refractivity contribution >= 4 is 5.69 Å². The zero-order chi connectivity index (χ0) is 12.7. The van der Waals surface area contributed by atoms with Crippen LogP contribution in [0.2, 0.25) is 0 Å². The van der Waals surface area contributed by atoms with Crippen LogP contribution in [0.4, 0.5) is 14.5 Å². The second-order valence-corrected chi connectivity index (χ2v) is 5.13. The molecule has 1 saturated heterocycles. The van der Waals surface area contributed by atoms with Crippen LogP contribution >= 0.6 is 0 Å². The Morgan fingerprint density at radius 2 is 2.00 bits per heavy atom. The summed E-state index contributed by atoms with van der Waals surface area (Å²) in [4.78, 5) is 1.76. The Bertz CT molecular complexity index is 469. The molecule has 0 radical (unpaired) electrons. The van der Waals surface area contributed by atoms with Gasteiger partial charge in [-0.2, -0.15) is 0 Å². The molecule has 0 unspecified atom stereocenters. The molecule has 2 aliphatic rings. The van der Waals surface area contributed by atoms with Crippen LogP contribution in [-0.4, -0.2) is 26.3 Å². The summed E-state index contributed by atoms with van der Waals surface area (Å²) in [6.07, 6.45) is 1.64. The first-order chi connectivity index (χ1) is 8.68. The van der Waals surface area contributed by atoms with Gasteiger partial charge in [-0.25, -0.2) is 8.78 Å². The molecule has 1 aromatic rings. The number of morpholine rings is 1. The third-order valence-electron chi connectivity index (χ3n) is 4.02. The lowest BCUT2D eigenvalue weighted by Gasteiger charge is -2.30. The van der Waals surface area contributed by atoms with E-state index in [-0.39, 0.29) is 17.4 Å². The Balaban J connectivity index is 2.04. The van der Waals surface area contributed by atoms with Gasteiger partial charge in [0.15, 0.2) is 5.82 Å². The molecule has 1 heterocycles. The van der Waals surface area contributed by atoms with Gasteiger partial charge in [-0.3, -0.25) is 0 Å². The minimum absolute atomic E-state index is 0.145. The number of halogens is 2. The number of fused-ring (bicyclic) bond motifs is 1. The van der Waals surface area contributed by atoms with Crippen molar-refractivity contribution in [1.82, 2.24) is 0 Å². The van der Waals surface area contributed by atoms with Crippen LogP contribution < -0.4 is 4.90 Å². The van der Waals surface area contributed by atoms with Gasteiger partial charge in [0.2, 0.25) is 0 Å². The van der Waals surface area contributed by atoms with E-state index in [1.165, 1.54) is 6.07 Å². The number of ether oxygens (including phenoxy) is 1. The number of nitrogens with zero attached hydrogens (tertiary/aromatic N) is 1. The Labute approximate surface area is 106 Å². The molecule has 0 amide bonds. The van der Waals surface area contributed by atoms with Crippen molar-refractivity contribution in [3.63, 3.8) is 0 Å². The second kappa shape index (κ2) is 4.50. The van der Waals surface area contributed by atoms with E-state index in [9.17, 15) is 8.78 Å². The predicted octanol–water partition coefficient (Wildman–Crippen LogP) is 2.85. The first-order valence-corrected chi connectivity index (χ1v) is 6.52. The normalized spacial score (nSPS) is 23.3. The summed E-state index contributed by atoms with van der Waals surface area (Å²) in [7, 11) is 0. The van der Waals surface area contributed by atoms with E-state index in [1.807, 2.05) is 6.92 Å². The van der Waals surface area contributed by atoms with E-state index in [2.05, 4.69) is 0 Å². The largest absolute Gasteiger partial charge is 0.378 e. The molecule has 0 saturated carbocycles. The van der Waals surface area contributed by atoms with Crippen molar-refractivity contribution in [2.24, 2.45) is 0 Å². The fraction of sp³-hybridized carbons (Fsp3) is 0.571. The van der Waals surface area contributed by atoms with E-state index in [4.69, 9.17) is 4.74 Å². The van der Waals surface area contributed by atoms with E-state index in [1.54, 1.807) is 4.90 Å². The lowest BCUT2D eigenvalue weighted by atomic mass is 10.0. The Kier molecular flexibility index (Phi) is 2.98. The molecule has 1 atom stereocenters. The molecular formula is C14H17F2NO. The Morgan fingerprint density at radius 3 is 2.72 bits per heavy atom. The van der Waals surface area contributed by atoms with Gasteiger partial charge in [0.25, 0.3) is 0 Å². The van der Waals surface area contributed by atoms with Gasteiger partial charge in [0.1, 0.15) is 11.5 Å². The highest BCUT2D eigenvalue weighted by Gasteiger charge is 2.29. The van der Waals surface area contributed by atoms with Crippen molar-refractivity contribution in [2.45, 2.75) is 25.7 Å². The number of anilines is 1. The molecule has 18 heavy (non-hydrogen) atoms. The van der Waals surface area contributed by atoms with Gasteiger partial charge >= 0.3 is 0 Å². The molecule has 1 aromatic carbocycles. The van der Waals surface area contributed by atoms with Crippen LogP contribution in [-0.2, 0) is 11.2 Å². The standard InChI is InChI=1S/C14H17F2NO/c1-9-2-3-10-11(9)8-12(15)14(13(10)16)17-4-6-18-7-5-17/h8-9H,2-7H2,1H3/t9-/m0/s1. The van der Waals surface area contributed by atoms with Gasteiger partial charge in [0.05, 0.1) is 13.2 Å². The fourth-order valence-electron chi connectivity index (χ4n) is 2.95. The molecule has 0 bridgehead atoms. The monoisotopic (exact) mass is 253 g/mol. The van der Waals surface area contributed by atoms with Crippen LogP contribution in [0.15, 0.2) is 6.07 Å². The molecule has 1 aliphatic carbocycles. The molecule has 0 N–H and O–H groups in total.